The van der Waals surface area contributed by atoms with Gasteiger partial charge in [0, 0.05) is 17.6 Å². The van der Waals surface area contributed by atoms with Crippen molar-refractivity contribution in [3.05, 3.63) is 46.3 Å². The Morgan fingerprint density at radius 3 is 2.78 bits per heavy atom. The molecule has 0 spiro atoms. The number of hydrogen-bond acceptors (Lipinski definition) is 6. The number of ether oxygens (including phenoxy) is 4. The Hall–Kier alpha value is -1.67. The highest BCUT2D eigenvalue weighted by Gasteiger charge is 2.52. The Balaban J connectivity index is 1.89. The molecule has 0 radical (unpaired) electrons. The van der Waals surface area contributed by atoms with E-state index in [4.69, 9.17) is 24.5 Å². The number of aliphatic hydroxyl groups is 1. The molecule has 2 saturated heterocycles. The van der Waals surface area contributed by atoms with Gasteiger partial charge < -0.3 is 24.1 Å². The van der Waals surface area contributed by atoms with Crippen LogP contribution in [0.15, 0.2) is 35.4 Å². The average molecular weight is 321 g/mol. The second-order valence-electron chi connectivity index (χ2n) is 5.67. The molecular formula is C15H19N3O5. The van der Waals surface area contributed by atoms with Crippen LogP contribution in [0.1, 0.15) is 12.5 Å². The van der Waals surface area contributed by atoms with Crippen LogP contribution < -0.4 is 0 Å². The molecule has 2 aliphatic rings. The smallest absolute Gasteiger partial charge is 0.192 e. The van der Waals surface area contributed by atoms with Crippen molar-refractivity contribution in [2.45, 2.75) is 43.4 Å². The van der Waals surface area contributed by atoms with Crippen molar-refractivity contribution >= 4 is 0 Å². The van der Waals surface area contributed by atoms with E-state index in [-0.39, 0.29) is 6.61 Å². The molecule has 6 atom stereocenters. The first kappa shape index (κ1) is 16.2. The Bertz CT molecular complexity index is 594. The molecule has 1 N–H and O–H groups in total. The normalized spacial score (nSPS) is 40.0. The summed E-state index contributed by atoms with van der Waals surface area (Å²) in [7, 11) is 1.42. The molecule has 124 valence electrons. The molecule has 0 bridgehead atoms. The van der Waals surface area contributed by atoms with Crippen LogP contribution in [0.2, 0.25) is 0 Å². The van der Waals surface area contributed by atoms with Gasteiger partial charge in [-0.1, -0.05) is 35.4 Å². The average Bonchev–Trinajstić information content (AvgIpc) is 2.58. The summed E-state index contributed by atoms with van der Waals surface area (Å²) in [4.78, 5) is 2.82. The zero-order valence-corrected chi connectivity index (χ0v) is 12.9. The molecule has 0 aliphatic carbocycles. The van der Waals surface area contributed by atoms with Crippen molar-refractivity contribution in [2.75, 3.05) is 13.7 Å². The molecule has 8 nitrogen and oxygen atoms in total. The first-order chi connectivity index (χ1) is 11.1. The minimum Gasteiger partial charge on any atom is -0.387 e. The summed E-state index contributed by atoms with van der Waals surface area (Å²) in [5, 5.41) is 14.0. The highest BCUT2D eigenvalue weighted by molar-refractivity contribution is 5.20. The van der Waals surface area contributed by atoms with Crippen molar-refractivity contribution in [3.8, 4) is 0 Å². The first-order valence-electron chi connectivity index (χ1n) is 7.37. The van der Waals surface area contributed by atoms with Crippen LogP contribution in [-0.4, -0.2) is 49.5 Å². The molecule has 1 aromatic rings. The number of azide groups is 1. The maximum atomic E-state index is 10.3. The highest BCUT2D eigenvalue weighted by atomic mass is 16.8. The lowest BCUT2D eigenvalue weighted by molar-refractivity contribution is -0.373. The van der Waals surface area contributed by atoms with E-state index in [9.17, 15) is 5.11 Å². The van der Waals surface area contributed by atoms with E-state index in [0.29, 0.717) is 0 Å². The number of fused-ring (bicyclic) bond motifs is 1. The standard InChI is InChI=1S/C15H19N3O5/c1-15(9-6-4-3-5-7-9)21-8-10-13(23-15)11(17-18-16)12(19)14(20-2)22-10/h3-7,10-14,19H,8H2,1-2H3/t10-,11+,12-,13+,14-,15+/m1/s1. The lowest BCUT2D eigenvalue weighted by Gasteiger charge is -2.49. The molecular weight excluding hydrogens is 302 g/mol. The van der Waals surface area contributed by atoms with E-state index in [1.165, 1.54) is 7.11 Å². The van der Waals surface area contributed by atoms with Crippen molar-refractivity contribution in [1.82, 2.24) is 0 Å². The van der Waals surface area contributed by atoms with Crippen molar-refractivity contribution in [2.24, 2.45) is 5.11 Å². The molecule has 0 saturated carbocycles. The maximum Gasteiger partial charge on any atom is 0.192 e. The second-order valence-corrected chi connectivity index (χ2v) is 5.67. The third-order valence-electron chi connectivity index (χ3n) is 4.24. The molecule has 3 rings (SSSR count). The van der Waals surface area contributed by atoms with Crippen LogP contribution in [0, 0.1) is 0 Å². The van der Waals surface area contributed by atoms with Crippen LogP contribution in [0.3, 0.4) is 0 Å². The summed E-state index contributed by atoms with van der Waals surface area (Å²) in [6.45, 7) is 2.03. The SMILES string of the molecule is CO[C@@H]1O[C@@H]2CO[C@](C)(c3ccccc3)O[C@@H]2[C@@H](N=[N+]=[N-])[C@H]1O. The summed E-state index contributed by atoms with van der Waals surface area (Å²) >= 11 is 0. The van der Waals surface area contributed by atoms with Crippen LogP contribution in [0.25, 0.3) is 10.4 Å². The van der Waals surface area contributed by atoms with Gasteiger partial charge >= 0.3 is 0 Å². The Kier molecular flexibility index (Phi) is 4.54. The Morgan fingerprint density at radius 2 is 2.13 bits per heavy atom. The minimum atomic E-state index is -1.12. The Labute approximate surface area is 133 Å². The van der Waals surface area contributed by atoms with Gasteiger partial charge in [-0.25, -0.2) is 0 Å². The summed E-state index contributed by atoms with van der Waals surface area (Å²) in [6.07, 6.45) is -3.13. The monoisotopic (exact) mass is 321 g/mol. The zero-order chi connectivity index (χ0) is 16.4. The quantitative estimate of drug-likeness (QED) is 0.518. The van der Waals surface area contributed by atoms with E-state index in [2.05, 4.69) is 10.0 Å². The largest absolute Gasteiger partial charge is 0.387 e. The summed E-state index contributed by atoms with van der Waals surface area (Å²) < 4.78 is 22.7. The molecule has 0 unspecified atom stereocenters. The van der Waals surface area contributed by atoms with Crippen LogP contribution in [0.4, 0.5) is 0 Å². The van der Waals surface area contributed by atoms with E-state index in [0.717, 1.165) is 5.56 Å². The van der Waals surface area contributed by atoms with Gasteiger partial charge in [-0.05, 0) is 12.5 Å². The lowest BCUT2D eigenvalue weighted by atomic mass is 9.94. The molecule has 2 fully saturated rings. The van der Waals surface area contributed by atoms with Gasteiger partial charge in [0.25, 0.3) is 0 Å². The fourth-order valence-corrected chi connectivity index (χ4v) is 3.00. The number of benzene rings is 1. The van der Waals surface area contributed by atoms with Crippen molar-refractivity contribution < 1.29 is 24.1 Å². The summed E-state index contributed by atoms with van der Waals surface area (Å²) in [5.41, 5.74) is 9.65. The van der Waals surface area contributed by atoms with E-state index >= 15 is 0 Å². The highest BCUT2D eigenvalue weighted by Crippen LogP contribution is 2.39. The number of hydrogen-bond donors (Lipinski definition) is 1. The number of rotatable bonds is 3. The number of methoxy groups -OCH3 is 1. The van der Waals surface area contributed by atoms with Crippen molar-refractivity contribution in [1.29, 1.82) is 0 Å². The predicted molar refractivity (Wildman–Crippen MR) is 79.2 cm³/mol. The molecule has 0 aromatic heterocycles. The number of nitrogens with zero attached hydrogens (tertiary/aromatic N) is 3. The van der Waals surface area contributed by atoms with E-state index in [1.54, 1.807) is 6.92 Å². The molecule has 2 aliphatic heterocycles. The molecule has 1 aromatic carbocycles. The number of aliphatic hydroxyl groups excluding tert-OH is 1. The molecule has 0 amide bonds. The fourth-order valence-electron chi connectivity index (χ4n) is 3.00. The zero-order valence-electron chi connectivity index (χ0n) is 12.9. The van der Waals surface area contributed by atoms with Crippen molar-refractivity contribution in [3.63, 3.8) is 0 Å². The van der Waals surface area contributed by atoms with Gasteiger partial charge in [-0.3, -0.25) is 0 Å². The molecule has 23 heavy (non-hydrogen) atoms. The maximum absolute atomic E-state index is 10.3. The van der Waals surface area contributed by atoms with E-state index < -0.39 is 36.4 Å². The third-order valence-corrected chi connectivity index (χ3v) is 4.24. The van der Waals surface area contributed by atoms with Gasteiger partial charge in [0.05, 0.1) is 12.6 Å². The summed E-state index contributed by atoms with van der Waals surface area (Å²) in [5.74, 6) is -1.01. The fraction of sp³-hybridized carbons (Fsp3) is 0.600. The second kappa shape index (κ2) is 6.45. The van der Waals surface area contributed by atoms with Gasteiger partial charge in [0.2, 0.25) is 0 Å². The first-order valence-corrected chi connectivity index (χ1v) is 7.37. The Morgan fingerprint density at radius 1 is 1.39 bits per heavy atom. The predicted octanol–water partition coefficient (Wildman–Crippen LogP) is 1.69. The lowest BCUT2D eigenvalue weighted by Crippen LogP contribution is -2.63. The van der Waals surface area contributed by atoms with E-state index in [1.807, 2.05) is 30.3 Å². The summed E-state index contributed by atoms with van der Waals surface area (Å²) in [6, 6.07) is 8.63. The van der Waals surface area contributed by atoms with Crippen LogP contribution in [-0.2, 0) is 24.7 Å². The molecule has 8 heteroatoms. The molecule has 2 heterocycles. The van der Waals surface area contributed by atoms with Gasteiger partial charge in [0.1, 0.15) is 18.3 Å². The van der Waals surface area contributed by atoms with Crippen LogP contribution in [0.5, 0.6) is 0 Å². The van der Waals surface area contributed by atoms with Gasteiger partial charge in [-0.2, -0.15) is 0 Å². The van der Waals surface area contributed by atoms with Gasteiger partial charge in [-0.15, -0.1) is 0 Å². The minimum absolute atomic E-state index is 0.236. The van der Waals surface area contributed by atoms with Crippen LogP contribution >= 0.6 is 0 Å². The van der Waals surface area contributed by atoms with Gasteiger partial charge in [0.15, 0.2) is 12.1 Å². The third kappa shape index (κ3) is 2.92. The topological polar surface area (TPSA) is 106 Å².